The van der Waals surface area contributed by atoms with Gasteiger partial charge in [-0.15, -0.1) is 0 Å². The van der Waals surface area contributed by atoms with Crippen LogP contribution in [0.15, 0.2) is 65.6 Å². The average Bonchev–Trinajstić information content (AvgIpc) is 2.46. The third-order valence-electron chi connectivity index (χ3n) is 2.92. The second kappa shape index (κ2) is 6.66. The molecule has 5 heteroatoms. The number of ether oxygens (including phenoxy) is 1. The van der Waals surface area contributed by atoms with Crippen LogP contribution in [0, 0.1) is 6.92 Å². The van der Waals surface area contributed by atoms with E-state index in [1.807, 2.05) is 13.8 Å². The predicted octanol–water partition coefficient (Wildman–Crippen LogP) is 3.75. The summed E-state index contributed by atoms with van der Waals surface area (Å²) in [4.78, 5) is 0.237. The molecule has 4 nitrogen and oxygen atoms in total. The van der Waals surface area contributed by atoms with E-state index >= 15 is 0 Å². The standard InChI is InChI=1S/C17H19NO3S/c1-13(2)12-21-16-8-6-15(7-9-16)18-22(19,20)17-10-4-14(3)5-11-17/h4-11,18H,1,12H2,2-3H3. The molecule has 0 amide bonds. The third kappa shape index (κ3) is 4.36. The van der Waals surface area contributed by atoms with Crippen molar-refractivity contribution in [2.45, 2.75) is 18.7 Å². The number of nitrogens with one attached hydrogen (secondary N) is 1. The van der Waals surface area contributed by atoms with Gasteiger partial charge in [0.15, 0.2) is 0 Å². The van der Waals surface area contributed by atoms with Crippen LogP contribution in [0.3, 0.4) is 0 Å². The van der Waals surface area contributed by atoms with Crippen LogP contribution < -0.4 is 9.46 Å². The first kappa shape index (κ1) is 16.1. The first-order chi connectivity index (χ1) is 10.4. The first-order valence-electron chi connectivity index (χ1n) is 6.83. The Kier molecular flexibility index (Phi) is 4.88. The first-order valence-corrected chi connectivity index (χ1v) is 8.32. The zero-order valence-electron chi connectivity index (χ0n) is 12.7. The molecule has 2 rings (SSSR count). The van der Waals surface area contributed by atoms with Crippen molar-refractivity contribution in [3.05, 3.63) is 66.2 Å². The molecular weight excluding hydrogens is 298 g/mol. The maximum Gasteiger partial charge on any atom is 0.261 e. The fourth-order valence-corrected chi connectivity index (χ4v) is 2.82. The number of rotatable bonds is 6. The van der Waals surface area contributed by atoms with Gasteiger partial charge in [0.2, 0.25) is 0 Å². The number of anilines is 1. The Morgan fingerprint density at radius 3 is 2.23 bits per heavy atom. The molecule has 0 unspecified atom stereocenters. The molecule has 0 aliphatic carbocycles. The molecule has 0 saturated carbocycles. The lowest BCUT2D eigenvalue weighted by Gasteiger charge is -2.10. The number of aryl methyl sites for hydroxylation is 1. The minimum absolute atomic E-state index is 0.237. The molecule has 0 fully saturated rings. The SMILES string of the molecule is C=C(C)COc1ccc(NS(=O)(=O)c2ccc(C)cc2)cc1. The number of benzene rings is 2. The van der Waals surface area contributed by atoms with Gasteiger partial charge in [0, 0.05) is 5.69 Å². The Morgan fingerprint density at radius 2 is 1.68 bits per heavy atom. The molecule has 116 valence electrons. The summed E-state index contributed by atoms with van der Waals surface area (Å²) in [6.07, 6.45) is 0. The molecule has 0 heterocycles. The molecule has 0 aromatic heterocycles. The van der Waals surface area contributed by atoms with E-state index in [-0.39, 0.29) is 4.90 Å². The van der Waals surface area contributed by atoms with Crippen molar-refractivity contribution >= 4 is 15.7 Å². The van der Waals surface area contributed by atoms with E-state index in [1.165, 1.54) is 0 Å². The van der Waals surface area contributed by atoms with E-state index in [0.717, 1.165) is 11.1 Å². The van der Waals surface area contributed by atoms with Crippen molar-refractivity contribution in [1.29, 1.82) is 0 Å². The minimum atomic E-state index is -3.57. The van der Waals surface area contributed by atoms with Crippen molar-refractivity contribution in [1.82, 2.24) is 0 Å². The van der Waals surface area contributed by atoms with Gasteiger partial charge >= 0.3 is 0 Å². The van der Waals surface area contributed by atoms with Crippen LogP contribution in [0.1, 0.15) is 12.5 Å². The zero-order valence-corrected chi connectivity index (χ0v) is 13.5. The number of sulfonamides is 1. The molecule has 1 N–H and O–H groups in total. The molecule has 0 saturated heterocycles. The lowest BCUT2D eigenvalue weighted by Crippen LogP contribution is -2.12. The minimum Gasteiger partial charge on any atom is -0.489 e. The van der Waals surface area contributed by atoms with E-state index in [2.05, 4.69) is 11.3 Å². The molecule has 0 aliphatic rings. The Bertz CT molecular complexity index is 747. The third-order valence-corrected chi connectivity index (χ3v) is 4.32. The fourth-order valence-electron chi connectivity index (χ4n) is 1.76. The van der Waals surface area contributed by atoms with Crippen LogP contribution in [0.5, 0.6) is 5.75 Å². The van der Waals surface area contributed by atoms with Crippen molar-refractivity contribution in [3.63, 3.8) is 0 Å². The van der Waals surface area contributed by atoms with Gasteiger partial charge in [0.25, 0.3) is 10.0 Å². The van der Waals surface area contributed by atoms with Crippen LogP contribution in [0.25, 0.3) is 0 Å². The van der Waals surface area contributed by atoms with Crippen molar-refractivity contribution < 1.29 is 13.2 Å². The summed E-state index contributed by atoms with van der Waals surface area (Å²) in [7, 11) is -3.57. The number of hydrogen-bond acceptors (Lipinski definition) is 3. The smallest absolute Gasteiger partial charge is 0.261 e. The monoisotopic (exact) mass is 317 g/mol. The van der Waals surface area contributed by atoms with Crippen LogP contribution in [-0.4, -0.2) is 15.0 Å². The van der Waals surface area contributed by atoms with Crippen LogP contribution >= 0.6 is 0 Å². The van der Waals surface area contributed by atoms with E-state index in [1.54, 1.807) is 48.5 Å². The molecule has 2 aromatic carbocycles. The molecule has 0 bridgehead atoms. The van der Waals surface area contributed by atoms with Crippen LogP contribution in [0.2, 0.25) is 0 Å². The highest BCUT2D eigenvalue weighted by Gasteiger charge is 2.13. The molecular formula is C17H19NO3S. The fraction of sp³-hybridized carbons (Fsp3) is 0.176. The van der Waals surface area contributed by atoms with E-state index in [4.69, 9.17) is 4.74 Å². The summed E-state index contributed by atoms with van der Waals surface area (Å²) in [5.74, 6) is 0.668. The maximum atomic E-state index is 12.3. The molecule has 2 aromatic rings. The molecule has 0 radical (unpaired) electrons. The summed E-state index contributed by atoms with van der Waals surface area (Å²) in [6, 6.07) is 13.5. The van der Waals surface area contributed by atoms with Gasteiger partial charge in [0.05, 0.1) is 4.90 Å². The van der Waals surface area contributed by atoms with Gasteiger partial charge in [-0.1, -0.05) is 24.3 Å². The highest BCUT2D eigenvalue weighted by molar-refractivity contribution is 7.92. The van der Waals surface area contributed by atoms with Crippen molar-refractivity contribution in [3.8, 4) is 5.75 Å². The lowest BCUT2D eigenvalue weighted by molar-refractivity contribution is 0.353. The zero-order chi connectivity index (χ0) is 16.2. The lowest BCUT2D eigenvalue weighted by atomic mass is 10.2. The predicted molar refractivity (Wildman–Crippen MR) is 88.7 cm³/mol. The quantitative estimate of drug-likeness (QED) is 0.826. The molecule has 0 spiro atoms. The maximum absolute atomic E-state index is 12.3. The molecule has 0 atom stereocenters. The highest BCUT2D eigenvalue weighted by atomic mass is 32.2. The van der Waals surface area contributed by atoms with E-state index in [0.29, 0.717) is 18.0 Å². The Morgan fingerprint density at radius 1 is 1.09 bits per heavy atom. The van der Waals surface area contributed by atoms with Gasteiger partial charge in [-0.05, 0) is 55.8 Å². The molecule has 22 heavy (non-hydrogen) atoms. The Hall–Kier alpha value is -2.27. The van der Waals surface area contributed by atoms with Gasteiger partial charge in [-0.2, -0.15) is 0 Å². The second-order valence-corrected chi connectivity index (χ2v) is 6.87. The topological polar surface area (TPSA) is 55.4 Å². The normalized spacial score (nSPS) is 11.0. The summed E-state index contributed by atoms with van der Waals surface area (Å²) < 4.78 is 32.5. The van der Waals surface area contributed by atoms with Crippen molar-refractivity contribution in [2.75, 3.05) is 11.3 Å². The van der Waals surface area contributed by atoms with E-state index < -0.39 is 10.0 Å². The highest BCUT2D eigenvalue weighted by Crippen LogP contribution is 2.20. The van der Waals surface area contributed by atoms with E-state index in [9.17, 15) is 8.42 Å². The largest absolute Gasteiger partial charge is 0.489 e. The summed E-state index contributed by atoms with van der Waals surface area (Å²) in [5, 5.41) is 0. The van der Waals surface area contributed by atoms with Crippen molar-refractivity contribution in [2.24, 2.45) is 0 Å². The van der Waals surface area contributed by atoms with Crippen LogP contribution in [0.4, 0.5) is 5.69 Å². The average molecular weight is 317 g/mol. The summed E-state index contributed by atoms with van der Waals surface area (Å²) >= 11 is 0. The number of hydrogen-bond donors (Lipinski definition) is 1. The second-order valence-electron chi connectivity index (χ2n) is 5.19. The van der Waals surface area contributed by atoms with Gasteiger partial charge < -0.3 is 4.74 Å². The van der Waals surface area contributed by atoms with Crippen LogP contribution in [-0.2, 0) is 10.0 Å². The van der Waals surface area contributed by atoms with Gasteiger partial charge in [-0.25, -0.2) is 8.42 Å². The summed E-state index contributed by atoms with van der Waals surface area (Å²) in [5.41, 5.74) is 2.42. The summed E-state index contributed by atoms with van der Waals surface area (Å²) in [6.45, 7) is 7.99. The molecule has 0 aliphatic heterocycles. The Labute approximate surface area is 131 Å². The van der Waals surface area contributed by atoms with Gasteiger partial charge in [-0.3, -0.25) is 4.72 Å². The van der Waals surface area contributed by atoms with Gasteiger partial charge in [0.1, 0.15) is 12.4 Å². The Balaban J connectivity index is 2.09.